The minimum Gasteiger partial charge on any atom is -0.480 e. The van der Waals surface area contributed by atoms with Crippen LogP contribution in [0.25, 0.3) is 0 Å². The van der Waals surface area contributed by atoms with Gasteiger partial charge >= 0.3 is 0 Å². The van der Waals surface area contributed by atoms with Crippen molar-refractivity contribution in [2.45, 2.75) is 38.8 Å². The SMILES string of the molecule is CCCCC1Oc2ccc(N(CCO)CCO)cc2CNC1=O. The van der Waals surface area contributed by atoms with E-state index >= 15 is 0 Å². The summed E-state index contributed by atoms with van der Waals surface area (Å²) >= 11 is 0. The fraction of sp³-hybridized carbons (Fsp3) is 0.588. The Labute approximate surface area is 137 Å². The first-order valence-corrected chi connectivity index (χ1v) is 8.23. The van der Waals surface area contributed by atoms with Gasteiger partial charge in [-0.3, -0.25) is 4.79 Å². The number of hydrogen-bond donors (Lipinski definition) is 3. The lowest BCUT2D eigenvalue weighted by atomic mass is 10.1. The van der Waals surface area contributed by atoms with E-state index < -0.39 is 6.10 Å². The Morgan fingerprint density at radius 3 is 2.70 bits per heavy atom. The molecule has 0 aromatic heterocycles. The third kappa shape index (κ3) is 4.59. The number of carbonyl (C=O) groups is 1. The highest BCUT2D eigenvalue weighted by molar-refractivity contribution is 5.82. The second-order valence-corrected chi connectivity index (χ2v) is 5.69. The lowest BCUT2D eigenvalue weighted by Crippen LogP contribution is -2.35. The molecule has 1 aromatic rings. The van der Waals surface area contributed by atoms with Gasteiger partial charge < -0.3 is 25.2 Å². The van der Waals surface area contributed by atoms with Crippen molar-refractivity contribution in [1.82, 2.24) is 5.32 Å². The predicted octanol–water partition coefficient (Wildman–Crippen LogP) is 1.04. The zero-order valence-corrected chi connectivity index (χ0v) is 13.6. The van der Waals surface area contributed by atoms with Gasteiger partial charge in [0.05, 0.1) is 13.2 Å². The van der Waals surface area contributed by atoms with E-state index in [4.69, 9.17) is 14.9 Å². The Morgan fingerprint density at radius 2 is 2.04 bits per heavy atom. The molecule has 3 N–H and O–H groups in total. The van der Waals surface area contributed by atoms with Crippen LogP contribution in [0.5, 0.6) is 5.75 Å². The Kier molecular flexibility index (Phi) is 6.67. The van der Waals surface area contributed by atoms with Gasteiger partial charge in [0.15, 0.2) is 6.10 Å². The zero-order valence-electron chi connectivity index (χ0n) is 13.6. The van der Waals surface area contributed by atoms with Crippen LogP contribution >= 0.6 is 0 Å². The van der Waals surface area contributed by atoms with E-state index in [1.54, 1.807) is 0 Å². The molecule has 6 nitrogen and oxygen atoms in total. The number of hydrogen-bond acceptors (Lipinski definition) is 5. The molecule has 1 heterocycles. The van der Waals surface area contributed by atoms with E-state index in [9.17, 15) is 4.79 Å². The molecule has 1 amide bonds. The third-order valence-corrected chi connectivity index (χ3v) is 3.98. The van der Waals surface area contributed by atoms with Crippen molar-refractivity contribution >= 4 is 11.6 Å². The quantitative estimate of drug-likeness (QED) is 0.666. The maximum absolute atomic E-state index is 12.1. The van der Waals surface area contributed by atoms with Crippen LogP contribution in [0.1, 0.15) is 31.7 Å². The standard InChI is InChI=1S/C17H26N2O4/c1-2-3-4-16-17(22)18-12-13-11-14(5-6-15(13)23-16)19(7-9-20)8-10-21/h5-6,11,16,20-21H,2-4,7-10,12H2,1H3,(H,18,22). The molecule has 0 aliphatic carbocycles. The summed E-state index contributed by atoms with van der Waals surface area (Å²) in [6.07, 6.45) is 2.25. The molecular formula is C17H26N2O4. The lowest BCUT2D eigenvalue weighted by Gasteiger charge is -2.24. The van der Waals surface area contributed by atoms with Crippen LogP contribution in [-0.2, 0) is 11.3 Å². The topological polar surface area (TPSA) is 82.0 Å². The lowest BCUT2D eigenvalue weighted by molar-refractivity contribution is -0.127. The molecule has 0 radical (unpaired) electrons. The molecule has 0 spiro atoms. The molecule has 0 saturated carbocycles. The molecule has 128 valence electrons. The number of unbranched alkanes of at least 4 members (excludes halogenated alkanes) is 1. The Balaban J connectivity index is 2.18. The van der Waals surface area contributed by atoms with Crippen LogP contribution in [0, 0.1) is 0 Å². The molecule has 1 aromatic carbocycles. The number of amides is 1. The molecule has 1 atom stereocenters. The molecule has 1 aliphatic rings. The first kappa shape index (κ1) is 17.6. The summed E-state index contributed by atoms with van der Waals surface area (Å²) in [5.74, 6) is 0.653. The van der Waals surface area contributed by atoms with Crippen molar-refractivity contribution in [2.24, 2.45) is 0 Å². The number of aliphatic hydroxyl groups excluding tert-OH is 2. The monoisotopic (exact) mass is 322 g/mol. The van der Waals surface area contributed by atoms with E-state index in [-0.39, 0.29) is 19.1 Å². The Hall–Kier alpha value is -1.79. The van der Waals surface area contributed by atoms with Crippen molar-refractivity contribution in [1.29, 1.82) is 0 Å². The number of fused-ring (bicyclic) bond motifs is 1. The summed E-state index contributed by atoms with van der Waals surface area (Å²) in [5.41, 5.74) is 1.81. The summed E-state index contributed by atoms with van der Waals surface area (Å²) in [7, 11) is 0. The summed E-state index contributed by atoms with van der Waals surface area (Å²) in [6, 6.07) is 5.71. The average Bonchev–Trinajstić information content (AvgIpc) is 2.71. The van der Waals surface area contributed by atoms with Crippen molar-refractivity contribution in [2.75, 3.05) is 31.2 Å². The van der Waals surface area contributed by atoms with Crippen molar-refractivity contribution < 1.29 is 19.7 Å². The average molecular weight is 322 g/mol. The van der Waals surface area contributed by atoms with E-state index in [2.05, 4.69) is 12.2 Å². The number of ether oxygens (including phenoxy) is 1. The van der Waals surface area contributed by atoms with E-state index in [1.807, 2.05) is 23.1 Å². The van der Waals surface area contributed by atoms with Gasteiger partial charge in [0.25, 0.3) is 5.91 Å². The summed E-state index contributed by atoms with van der Waals surface area (Å²) in [4.78, 5) is 14.0. The molecule has 2 rings (SSSR count). The molecular weight excluding hydrogens is 296 g/mol. The van der Waals surface area contributed by atoms with E-state index in [1.165, 1.54) is 0 Å². The maximum atomic E-state index is 12.1. The molecule has 1 unspecified atom stereocenters. The summed E-state index contributed by atoms with van der Waals surface area (Å²) < 4.78 is 5.90. The number of nitrogens with one attached hydrogen (secondary N) is 1. The second kappa shape index (κ2) is 8.74. The fourth-order valence-corrected chi connectivity index (χ4v) is 2.71. The van der Waals surface area contributed by atoms with Gasteiger partial charge in [-0.05, 0) is 31.0 Å². The van der Waals surface area contributed by atoms with Gasteiger partial charge in [-0.25, -0.2) is 0 Å². The molecule has 1 aliphatic heterocycles. The zero-order chi connectivity index (χ0) is 16.7. The van der Waals surface area contributed by atoms with Crippen LogP contribution in [0.2, 0.25) is 0 Å². The minimum absolute atomic E-state index is 0.0173. The molecule has 0 bridgehead atoms. The van der Waals surface area contributed by atoms with Crippen molar-refractivity contribution in [3.63, 3.8) is 0 Å². The summed E-state index contributed by atoms with van der Waals surface area (Å²) in [5, 5.41) is 21.2. The van der Waals surface area contributed by atoms with Crippen molar-refractivity contribution in [3.05, 3.63) is 23.8 Å². The fourth-order valence-electron chi connectivity index (χ4n) is 2.71. The largest absolute Gasteiger partial charge is 0.480 e. The Morgan fingerprint density at radius 1 is 1.30 bits per heavy atom. The van der Waals surface area contributed by atoms with Gasteiger partial charge in [-0.15, -0.1) is 0 Å². The van der Waals surface area contributed by atoms with Gasteiger partial charge in [-0.2, -0.15) is 0 Å². The number of carbonyl (C=O) groups excluding carboxylic acids is 1. The molecule has 0 fully saturated rings. The van der Waals surface area contributed by atoms with Gasteiger partial charge in [-0.1, -0.05) is 13.3 Å². The van der Waals surface area contributed by atoms with Crippen LogP contribution in [0.3, 0.4) is 0 Å². The van der Waals surface area contributed by atoms with E-state index in [0.29, 0.717) is 26.1 Å². The normalized spacial score (nSPS) is 17.0. The number of aliphatic hydroxyl groups is 2. The van der Waals surface area contributed by atoms with Gasteiger partial charge in [0.2, 0.25) is 0 Å². The van der Waals surface area contributed by atoms with Crippen LogP contribution in [0.15, 0.2) is 18.2 Å². The number of anilines is 1. The highest BCUT2D eigenvalue weighted by Crippen LogP contribution is 2.28. The van der Waals surface area contributed by atoms with Crippen LogP contribution in [0.4, 0.5) is 5.69 Å². The first-order chi connectivity index (χ1) is 11.2. The summed E-state index contributed by atoms with van der Waals surface area (Å²) in [6.45, 7) is 3.45. The highest BCUT2D eigenvalue weighted by Gasteiger charge is 2.25. The number of nitrogens with zero attached hydrogens (tertiary/aromatic N) is 1. The minimum atomic E-state index is -0.437. The molecule has 23 heavy (non-hydrogen) atoms. The molecule has 0 saturated heterocycles. The Bertz CT molecular complexity index is 515. The smallest absolute Gasteiger partial charge is 0.261 e. The maximum Gasteiger partial charge on any atom is 0.261 e. The number of benzene rings is 1. The van der Waals surface area contributed by atoms with Crippen LogP contribution in [-0.4, -0.2) is 48.5 Å². The number of rotatable bonds is 8. The highest BCUT2D eigenvalue weighted by atomic mass is 16.5. The molecule has 6 heteroatoms. The van der Waals surface area contributed by atoms with Crippen molar-refractivity contribution in [3.8, 4) is 5.75 Å². The first-order valence-electron chi connectivity index (χ1n) is 8.23. The van der Waals surface area contributed by atoms with Crippen LogP contribution < -0.4 is 15.0 Å². The second-order valence-electron chi connectivity index (χ2n) is 5.69. The predicted molar refractivity (Wildman–Crippen MR) is 88.6 cm³/mol. The van der Waals surface area contributed by atoms with E-state index in [0.717, 1.165) is 29.8 Å². The van der Waals surface area contributed by atoms with Gasteiger partial charge in [0, 0.05) is 30.9 Å². The van der Waals surface area contributed by atoms with Gasteiger partial charge in [0.1, 0.15) is 5.75 Å². The third-order valence-electron chi connectivity index (χ3n) is 3.98.